The summed E-state index contributed by atoms with van der Waals surface area (Å²) in [6, 6.07) is 1.44. The molecule has 0 aliphatic heterocycles. The fraction of sp³-hybridized carbons (Fsp3) is 0.571. The molecular weight excluding hydrogens is 272 g/mol. The topological polar surface area (TPSA) is 88.4 Å². The first-order valence-corrected chi connectivity index (χ1v) is 7.00. The van der Waals surface area contributed by atoms with Crippen molar-refractivity contribution in [1.82, 2.24) is 9.88 Å². The van der Waals surface area contributed by atoms with Gasteiger partial charge in [-0.05, 0) is 19.3 Å². The standard InChI is InChI=1S/C14H22N4O3/c1-5-15-13-8-11(12(9-16-13)18(20)21)14(19)17(4)7-6-10(2)3/h8-10H,5-7H2,1-4H3,(H,15,16). The molecule has 0 atom stereocenters. The van der Waals surface area contributed by atoms with Crippen molar-refractivity contribution in [2.75, 3.05) is 25.5 Å². The third-order valence-electron chi connectivity index (χ3n) is 3.06. The third-order valence-corrected chi connectivity index (χ3v) is 3.06. The smallest absolute Gasteiger partial charge is 0.300 e. The minimum absolute atomic E-state index is 0.0669. The van der Waals surface area contributed by atoms with Crippen LogP contribution in [0.25, 0.3) is 0 Å². The maximum atomic E-state index is 12.4. The molecule has 0 saturated carbocycles. The van der Waals surface area contributed by atoms with Crippen molar-refractivity contribution in [3.8, 4) is 0 Å². The SMILES string of the molecule is CCNc1cc(C(=O)N(C)CCC(C)C)c([N+](=O)[O-])cn1. The molecule has 1 amide bonds. The van der Waals surface area contributed by atoms with Crippen LogP contribution in [0.5, 0.6) is 0 Å². The molecule has 1 heterocycles. The molecular formula is C14H22N4O3. The van der Waals surface area contributed by atoms with Crippen LogP contribution in [0, 0.1) is 16.0 Å². The maximum Gasteiger partial charge on any atom is 0.300 e. The first-order chi connectivity index (χ1) is 9.86. The van der Waals surface area contributed by atoms with Gasteiger partial charge in [-0.1, -0.05) is 13.8 Å². The van der Waals surface area contributed by atoms with Crippen molar-refractivity contribution >= 4 is 17.4 Å². The van der Waals surface area contributed by atoms with Crippen molar-refractivity contribution in [3.63, 3.8) is 0 Å². The van der Waals surface area contributed by atoms with Crippen LogP contribution in [0.4, 0.5) is 11.5 Å². The van der Waals surface area contributed by atoms with Gasteiger partial charge in [0.25, 0.3) is 11.6 Å². The number of amides is 1. The molecule has 0 spiro atoms. The highest BCUT2D eigenvalue weighted by Crippen LogP contribution is 2.22. The van der Waals surface area contributed by atoms with Crippen LogP contribution in [-0.4, -0.2) is 40.9 Å². The second kappa shape index (κ2) is 7.56. The van der Waals surface area contributed by atoms with Gasteiger partial charge < -0.3 is 10.2 Å². The van der Waals surface area contributed by atoms with Crippen molar-refractivity contribution in [2.45, 2.75) is 27.2 Å². The number of anilines is 1. The van der Waals surface area contributed by atoms with E-state index in [1.54, 1.807) is 7.05 Å². The first kappa shape index (κ1) is 16.9. The lowest BCUT2D eigenvalue weighted by Gasteiger charge is -2.18. The lowest BCUT2D eigenvalue weighted by Crippen LogP contribution is -2.29. The van der Waals surface area contributed by atoms with E-state index in [2.05, 4.69) is 24.1 Å². The Morgan fingerprint density at radius 3 is 2.71 bits per heavy atom. The Kier molecular flexibility index (Phi) is 6.08. The summed E-state index contributed by atoms with van der Waals surface area (Å²) in [5.41, 5.74) is -0.199. The highest BCUT2D eigenvalue weighted by molar-refractivity contribution is 5.98. The third kappa shape index (κ3) is 4.70. The van der Waals surface area contributed by atoms with E-state index in [1.807, 2.05) is 6.92 Å². The number of rotatable bonds is 7. The molecule has 0 aliphatic carbocycles. The minimum Gasteiger partial charge on any atom is -0.370 e. The number of hydrogen-bond acceptors (Lipinski definition) is 5. The molecule has 0 bridgehead atoms. The van der Waals surface area contributed by atoms with Crippen LogP contribution in [0.15, 0.2) is 12.3 Å². The maximum absolute atomic E-state index is 12.4. The summed E-state index contributed by atoms with van der Waals surface area (Å²) in [6.45, 7) is 7.21. The normalized spacial score (nSPS) is 10.5. The molecule has 0 saturated heterocycles. The van der Waals surface area contributed by atoms with E-state index in [4.69, 9.17) is 0 Å². The summed E-state index contributed by atoms with van der Waals surface area (Å²) >= 11 is 0. The molecule has 1 aromatic heterocycles. The molecule has 0 unspecified atom stereocenters. The van der Waals surface area contributed by atoms with Gasteiger partial charge in [0.15, 0.2) is 0 Å². The van der Waals surface area contributed by atoms with Gasteiger partial charge in [-0.3, -0.25) is 14.9 Å². The van der Waals surface area contributed by atoms with Crippen molar-refractivity contribution in [2.24, 2.45) is 5.92 Å². The Morgan fingerprint density at radius 1 is 1.52 bits per heavy atom. The van der Waals surface area contributed by atoms with Crippen molar-refractivity contribution < 1.29 is 9.72 Å². The Hall–Kier alpha value is -2.18. The van der Waals surface area contributed by atoms with E-state index in [0.29, 0.717) is 24.8 Å². The van der Waals surface area contributed by atoms with Gasteiger partial charge in [0.1, 0.15) is 17.6 Å². The largest absolute Gasteiger partial charge is 0.370 e. The summed E-state index contributed by atoms with van der Waals surface area (Å²) in [4.78, 5) is 28.3. The number of nitrogens with one attached hydrogen (secondary N) is 1. The predicted octanol–water partition coefficient (Wildman–Crippen LogP) is 2.54. The zero-order valence-electron chi connectivity index (χ0n) is 12.9. The van der Waals surface area contributed by atoms with Gasteiger partial charge in [0.2, 0.25) is 0 Å². The summed E-state index contributed by atoms with van der Waals surface area (Å²) in [5.74, 6) is 0.567. The molecule has 0 aliphatic rings. The van der Waals surface area contributed by atoms with E-state index < -0.39 is 4.92 Å². The van der Waals surface area contributed by atoms with E-state index in [-0.39, 0.29) is 17.2 Å². The molecule has 1 N–H and O–H groups in total. The van der Waals surface area contributed by atoms with E-state index in [1.165, 1.54) is 11.0 Å². The number of pyridine rings is 1. The van der Waals surface area contributed by atoms with E-state index >= 15 is 0 Å². The summed E-state index contributed by atoms with van der Waals surface area (Å²) in [5, 5.41) is 14.0. The van der Waals surface area contributed by atoms with Gasteiger partial charge in [0, 0.05) is 26.2 Å². The number of nitrogens with zero attached hydrogens (tertiary/aromatic N) is 3. The van der Waals surface area contributed by atoms with Crippen LogP contribution >= 0.6 is 0 Å². The Balaban J connectivity index is 3.04. The molecule has 7 heteroatoms. The lowest BCUT2D eigenvalue weighted by atomic mass is 10.1. The second-order valence-electron chi connectivity index (χ2n) is 5.28. The van der Waals surface area contributed by atoms with Gasteiger partial charge in [-0.15, -0.1) is 0 Å². The number of nitro groups is 1. The number of carbonyl (C=O) groups excluding carboxylic acids is 1. The predicted molar refractivity (Wildman–Crippen MR) is 81.5 cm³/mol. The zero-order chi connectivity index (χ0) is 16.0. The molecule has 0 fully saturated rings. The van der Waals surface area contributed by atoms with Crippen LogP contribution in [-0.2, 0) is 0 Å². The Labute approximate surface area is 124 Å². The second-order valence-corrected chi connectivity index (χ2v) is 5.28. The highest BCUT2D eigenvalue weighted by Gasteiger charge is 2.24. The van der Waals surface area contributed by atoms with Gasteiger partial charge >= 0.3 is 0 Å². The van der Waals surface area contributed by atoms with Crippen molar-refractivity contribution in [3.05, 3.63) is 27.9 Å². The van der Waals surface area contributed by atoms with Gasteiger partial charge in [-0.2, -0.15) is 0 Å². The number of aromatic nitrogens is 1. The van der Waals surface area contributed by atoms with Gasteiger partial charge in [0.05, 0.1) is 4.92 Å². The van der Waals surface area contributed by atoms with Crippen molar-refractivity contribution in [1.29, 1.82) is 0 Å². The summed E-state index contributed by atoms with van der Waals surface area (Å²) in [7, 11) is 1.65. The van der Waals surface area contributed by atoms with Crippen LogP contribution < -0.4 is 5.32 Å². The first-order valence-electron chi connectivity index (χ1n) is 7.00. The summed E-state index contributed by atoms with van der Waals surface area (Å²) < 4.78 is 0. The van der Waals surface area contributed by atoms with E-state index in [9.17, 15) is 14.9 Å². The average Bonchev–Trinajstić information content (AvgIpc) is 2.43. The quantitative estimate of drug-likeness (QED) is 0.616. The highest BCUT2D eigenvalue weighted by atomic mass is 16.6. The molecule has 21 heavy (non-hydrogen) atoms. The van der Waals surface area contributed by atoms with Crippen LogP contribution in [0.2, 0.25) is 0 Å². The minimum atomic E-state index is -0.577. The van der Waals surface area contributed by atoms with Crippen LogP contribution in [0.1, 0.15) is 37.6 Å². The molecule has 7 nitrogen and oxygen atoms in total. The number of carbonyl (C=O) groups is 1. The number of hydrogen-bond donors (Lipinski definition) is 1. The molecule has 1 aromatic rings. The molecule has 0 aromatic carbocycles. The van der Waals surface area contributed by atoms with E-state index in [0.717, 1.165) is 12.6 Å². The molecule has 1 rings (SSSR count). The summed E-state index contributed by atoms with van der Waals surface area (Å²) in [6.07, 6.45) is 1.97. The fourth-order valence-corrected chi connectivity index (χ4v) is 1.80. The van der Waals surface area contributed by atoms with Crippen LogP contribution in [0.3, 0.4) is 0 Å². The Bertz CT molecular complexity index is 517. The molecule has 116 valence electrons. The molecule has 0 radical (unpaired) electrons. The lowest BCUT2D eigenvalue weighted by molar-refractivity contribution is -0.385. The van der Waals surface area contributed by atoms with Gasteiger partial charge in [-0.25, -0.2) is 4.98 Å². The monoisotopic (exact) mass is 294 g/mol. The average molecular weight is 294 g/mol. The zero-order valence-corrected chi connectivity index (χ0v) is 12.9. The Morgan fingerprint density at radius 2 is 2.19 bits per heavy atom. The fourth-order valence-electron chi connectivity index (χ4n) is 1.80.